The maximum atomic E-state index is 12.2. The summed E-state index contributed by atoms with van der Waals surface area (Å²) in [6.07, 6.45) is 8.77. The fourth-order valence-electron chi connectivity index (χ4n) is 3.81. The number of amides is 1. The molecule has 3 aromatic rings. The highest BCUT2D eigenvalue weighted by molar-refractivity contribution is 7.98. The highest BCUT2D eigenvalue weighted by Crippen LogP contribution is 2.28. The number of nitrogens with one attached hydrogen (secondary N) is 1. The van der Waals surface area contributed by atoms with E-state index in [0.717, 1.165) is 41.5 Å². The number of fused-ring (bicyclic) bond motifs is 1. The first-order chi connectivity index (χ1) is 14.7. The SMILES string of the molecule is CSc1nc(N2CCCCC2)c2cnn(CCNC(=O)CCc3ccccc3)c2n1. The summed E-state index contributed by atoms with van der Waals surface area (Å²) in [5.41, 5.74) is 2.02. The molecule has 30 heavy (non-hydrogen) atoms. The van der Waals surface area contributed by atoms with E-state index in [1.54, 1.807) is 11.8 Å². The number of aryl methyl sites for hydroxylation is 1. The Bertz CT molecular complexity index is 984. The zero-order valence-electron chi connectivity index (χ0n) is 17.4. The minimum atomic E-state index is 0.0590. The molecule has 7 nitrogen and oxygen atoms in total. The molecule has 1 aliphatic rings. The van der Waals surface area contributed by atoms with Gasteiger partial charge in [0.15, 0.2) is 10.8 Å². The normalized spacial score (nSPS) is 14.2. The van der Waals surface area contributed by atoms with Crippen molar-refractivity contribution in [2.75, 3.05) is 30.8 Å². The largest absolute Gasteiger partial charge is 0.356 e. The van der Waals surface area contributed by atoms with Gasteiger partial charge in [-0.3, -0.25) is 4.79 Å². The molecule has 0 bridgehead atoms. The van der Waals surface area contributed by atoms with Gasteiger partial charge in [0.1, 0.15) is 5.82 Å². The van der Waals surface area contributed by atoms with Crippen molar-refractivity contribution in [3.63, 3.8) is 0 Å². The van der Waals surface area contributed by atoms with Gasteiger partial charge in [0.25, 0.3) is 0 Å². The standard InChI is InChI=1S/C22H28N6OS/c1-30-22-25-20(27-13-6-3-7-14-27)18-16-24-28(21(18)26-22)15-12-23-19(29)11-10-17-8-4-2-5-9-17/h2,4-5,8-9,16H,3,6-7,10-15H2,1H3,(H,23,29). The molecular formula is C22H28N6OS. The van der Waals surface area contributed by atoms with E-state index in [4.69, 9.17) is 9.97 Å². The lowest BCUT2D eigenvalue weighted by molar-refractivity contribution is -0.121. The number of nitrogens with zero attached hydrogens (tertiary/aromatic N) is 5. The van der Waals surface area contributed by atoms with Crippen LogP contribution in [0.25, 0.3) is 11.0 Å². The summed E-state index contributed by atoms with van der Waals surface area (Å²) in [6, 6.07) is 10.1. The quantitative estimate of drug-likeness (QED) is 0.442. The number of benzene rings is 1. The van der Waals surface area contributed by atoms with Crippen LogP contribution < -0.4 is 10.2 Å². The average molecular weight is 425 g/mol. The Morgan fingerprint density at radius 2 is 1.93 bits per heavy atom. The lowest BCUT2D eigenvalue weighted by Gasteiger charge is -2.28. The van der Waals surface area contributed by atoms with Gasteiger partial charge in [0.05, 0.1) is 18.1 Å². The summed E-state index contributed by atoms with van der Waals surface area (Å²) < 4.78 is 1.88. The van der Waals surface area contributed by atoms with Crippen LogP contribution in [0.4, 0.5) is 5.82 Å². The number of carbonyl (C=O) groups excluding carboxylic acids is 1. The first-order valence-corrected chi connectivity index (χ1v) is 11.8. The minimum Gasteiger partial charge on any atom is -0.356 e. The monoisotopic (exact) mass is 424 g/mol. The van der Waals surface area contributed by atoms with Gasteiger partial charge in [-0.2, -0.15) is 5.10 Å². The lowest BCUT2D eigenvalue weighted by atomic mass is 10.1. The molecular weight excluding hydrogens is 396 g/mol. The van der Waals surface area contributed by atoms with Crippen molar-refractivity contribution >= 4 is 34.5 Å². The Morgan fingerprint density at radius 1 is 1.13 bits per heavy atom. The Morgan fingerprint density at radius 3 is 2.70 bits per heavy atom. The maximum Gasteiger partial charge on any atom is 0.220 e. The zero-order valence-corrected chi connectivity index (χ0v) is 18.2. The van der Waals surface area contributed by atoms with Crippen molar-refractivity contribution in [3.05, 3.63) is 42.1 Å². The molecule has 1 aliphatic heterocycles. The second kappa shape index (κ2) is 9.93. The summed E-state index contributed by atoms with van der Waals surface area (Å²) in [5.74, 6) is 1.05. The molecule has 1 amide bonds. The summed E-state index contributed by atoms with van der Waals surface area (Å²) in [5, 5.41) is 9.30. The van der Waals surface area contributed by atoms with Crippen molar-refractivity contribution < 1.29 is 4.79 Å². The molecule has 0 saturated carbocycles. The highest BCUT2D eigenvalue weighted by Gasteiger charge is 2.19. The van der Waals surface area contributed by atoms with Crippen LogP contribution in [-0.4, -0.2) is 51.5 Å². The molecule has 0 aliphatic carbocycles. The smallest absolute Gasteiger partial charge is 0.220 e. The van der Waals surface area contributed by atoms with Crippen LogP contribution in [0, 0.1) is 0 Å². The summed E-state index contributed by atoms with van der Waals surface area (Å²) in [7, 11) is 0. The van der Waals surface area contributed by atoms with Crippen molar-refractivity contribution in [2.45, 2.75) is 43.8 Å². The molecule has 0 spiro atoms. The molecule has 1 aromatic carbocycles. The molecule has 158 valence electrons. The minimum absolute atomic E-state index is 0.0590. The van der Waals surface area contributed by atoms with Gasteiger partial charge < -0.3 is 10.2 Å². The van der Waals surface area contributed by atoms with Crippen LogP contribution >= 0.6 is 11.8 Å². The van der Waals surface area contributed by atoms with Crippen molar-refractivity contribution in [1.29, 1.82) is 0 Å². The van der Waals surface area contributed by atoms with Gasteiger partial charge in [-0.05, 0) is 37.5 Å². The van der Waals surface area contributed by atoms with E-state index in [1.807, 2.05) is 47.5 Å². The van der Waals surface area contributed by atoms with Crippen molar-refractivity contribution in [2.24, 2.45) is 0 Å². The number of hydrogen-bond donors (Lipinski definition) is 1. The molecule has 0 unspecified atom stereocenters. The van der Waals surface area contributed by atoms with Crippen molar-refractivity contribution in [3.8, 4) is 0 Å². The topological polar surface area (TPSA) is 75.9 Å². The van der Waals surface area contributed by atoms with Crippen LogP contribution in [0.5, 0.6) is 0 Å². The van der Waals surface area contributed by atoms with Crippen LogP contribution in [-0.2, 0) is 17.8 Å². The fraction of sp³-hybridized carbons (Fsp3) is 0.455. The second-order valence-corrected chi connectivity index (χ2v) is 8.30. The van der Waals surface area contributed by atoms with Gasteiger partial charge in [0.2, 0.25) is 5.91 Å². The van der Waals surface area contributed by atoms with E-state index in [-0.39, 0.29) is 5.91 Å². The molecule has 8 heteroatoms. The third-order valence-electron chi connectivity index (χ3n) is 5.42. The summed E-state index contributed by atoms with van der Waals surface area (Å²) in [6.45, 7) is 3.18. The summed E-state index contributed by atoms with van der Waals surface area (Å²) >= 11 is 1.55. The molecule has 0 radical (unpaired) electrons. The van der Waals surface area contributed by atoms with E-state index in [2.05, 4.69) is 15.3 Å². The number of piperidine rings is 1. The van der Waals surface area contributed by atoms with Gasteiger partial charge in [0, 0.05) is 26.1 Å². The zero-order chi connectivity index (χ0) is 20.8. The number of thioether (sulfide) groups is 1. The van der Waals surface area contributed by atoms with Crippen LogP contribution in [0.15, 0.2) is 41.7 Å². The molecule has 2 aromatic heterocycles. The third-order valence-corrected chi connectivity index (χ3v) is 5.97. The lowest BCUT2D eigenvalue weighted by Crippen LogP contribution is -2.30. The Labute approximate surface area is 181 Å². The van der Waals surface area contributed by atoms with Gasteiger partial charge in [-0.15, -0.1) is 0 Å². The van der Waals surface area contributed by atoms with Crippen molar-refractivity contribution in [1.82, 2.24) is 25.1 Å². The van der Waals surface area contributed by atoms with Crippen LogP contribution in [0.2, 0.25) is 0 Å². The predicted octanol–water partition coefficient (Wildman–Crippen LogP) is 3.29. The number of carbonyl (C=O) groups is 1. The number of aromatic nitrogens is 4. The molecule has 1 N–H and O–H groups in total. The molecule has 1 saturated heterocycles. The third kappa shape index (κ3) is 4.92. The number of anilines is 1. The van der Waals surface area contributed by atoms with E-state index in [1.165, 1.54) is 24.8 Å². The Hall–Kier alpha value is -2.61. The van der Waals surface area contributed by atoms with E-state index < -0.39 is 0 Å². The first kappa shape index (κ1) is 20.7. The van der Waals surface area contributed by atoms with E-state index in [9.17, 15) is 4.79 Å². The first-order valence-electron chi connectivity index (χ1n) is 10.6. The highest BCUT2D eigenvalue weighted by atomic mass is 32.2. The number of hydrogen-bond acceptors (Lipinski definition) is 6. The Balaban J connectivity index is 1.40. The fourth-order valence-corrected chi connectivity index (χ4v) is 4.17. The predicted molar refractivity (Wildman–Crippen MR) is 121 cm³/mol. The van der Waals surface area contributed by atoms with Crippen LogP contribution in [0.3, 0.4) is 0 Å². The number of rotatable bonds is 8. The van der Waals surface area contributed by atoms with Crippen LogP contribution in [0.1, 0.15) is 31.2 Å². The Kier molecular flexibility index (Phi) is 6.84. The molecule has 0 atom stereocenters. The summed E-state index contributed by atoms with van der Waals surface area (Å²) in [4.78, 5) is 24.0. The van der Waals surface area contributed by atoms with Gasteiger partial charge in [-0.1, -0.05) is 42.1 Å². The van der Waals surface area contributed by atoms with Gasteiger partial charge >= 0.3 is 0 Å². The maximum absolute atomic E-state index is 12.2. The molecule has 1 fully saturated rings. The molecule has 3 heterocycles. The average Bonchev–Trinajstić information content (AvgIpc) is 3.21. The van der Waals surface area contributed by atoms with E-state index >= 15 is 0 Å². The molecule has 4 rings (SSSR count). The van der Waals surface area contributed by atoms with E-state index in [0.29, 0.717) is 19.5 Å². The van der Waals surface area contributed by atoms with Gasteiger partial charge in [-0.25, -0.2) is 14.6 Å². The second-order valence-electron chi connectivity index (χ2n) is 7.52.